The van der Waals surface area contributed by atoms with Gasteiger partial charge in [0, 0.05) is 36.5 Å². The molecule has 0 aliphatic carbocycles. The molecule has 1 aliphatic rings. The Hall–Kier alpha value is -3.60. The first-order valence-electron chi connectivity index (χ1n) is 10.1. The highest BCUT2D eigenvalue weighted by Crippen LogP contribution is 2.30. The van der Waals surface area contributed by atoms with E-state index in [0.717, 1.165) is 45.4 Å². The molecule has 1 heterocycles. The molecule has 3 aromatic rings. The molecule has 152 valence electrons. The Morgan fingerprint density at radius 2 is 1.60 bits per heavy atom. The van der Waals surface area contributed by atoms with E-state index in [9.17, 15) is 0 Å². The monoisotopic (exact) mass is 398 g/mol. The Kier molecular flexibility index (Phi) is 5.53. The molecule has 5 nitrogen and oxygen atoms in total. The van der Waals surface area contributed by atoms with E-state index in [2.05, 4.69) is 65.8 Å². The maximum atomic E-state index is 5.74. The first kappa shape index (κ1) is 19.7. The Bertz CT molecular complexity index is 1100. The smallest absolute Gasteiger partial charge is 0.154 e. The van der Waals surface area contributed by atoms with Crippen molar-refractivity contribution in [2.75, 3.05) is 25.6 Å². The number of nitrogens with one attached hydrogen (secondary N) is 1. The lowest BCUT2D eigenvalue weighted by Gasteiger charge is -2.14. The van der Waals surface area contributed by atoms with Crippen LogP contribution in [-0.2, 0) is 0 Å². The Balaban J connectivity index is 1.81. The van der Waals surface area contributed by atoms with Gasteiger partial charge in [0.05, 0.1) is 12.3 Å². The van der Waals surface area contributed by atoms with Crippen molar-refractivity contribution < 1.29 is 4.74 Å². The molecular formula is C25H26N4O. The van der Waals surface area contributed by atoms with Crippen LogP contribution in [0.4, 0.5) is 11.4 Å². The first-order chi connectivity index (χ1) is 14.5. The number of amidine groups is 1. The lowest BCUT2D eigenvalue weighted by atomic mass is 10.00. The van der Waals surface area contributed by atoms with E-state index in [0.29, 0.717) is 6.61 Å². The van der Waals surface area contributed by atoms with Gasteiger partial charge >= 0.3 is 0 Å². The second-order valence-electron chi connectivity index (χ2n) is 7.45. The van der Waals surface area contributed by atoms with Crippen molar-refractivity contribution in [1.82, 2.24) is 5.43 Å². The van der Waals surface area contributed by atoms with Crippen LogP contribution >= 0.6 is 0 Å². The maximum Gasteiger partial charge on any atom is 0.154 e. The number of hydrogen-bond donors (Lipinski definition) is 1. The predicted octanol–water partition coefficient (Wildman–Crippen LogP) is 4.89. The minimum Gasteiger partial charge on any atom is -0.494 e. The fourth-order valence-corrected chi connectivity index (χ4v) is 3.35. The van der Waals surface area contributed by atoms with Crippen LogP contribution in [0.3, 0.4) is 0 Å². The molecule has 0 atom stereocenters. The number of fused-ring (bicyclic) bond motifs is 1. The Morgan fingerprint density at radius 1 is 0.900 bits per heavy atom. The van der Waals surface area contributed by atoms with Crippen LogP contribution in [0, 0.1) is 6.92 Å². The fraction of sp³-hybridized carbons (Fsp3) is 0.200. The molecule has 0 spiro atoms. The molecule has 30 heavy (non-hydrogen) atoms. The zero-order valence-corrected chi connectivity index (χ0v) is 17.8. The number of anilines is 1. The normalized spacial score (nSPS) is 12.8. The van der Waals surface area contributed by atoms with E-state index in [4.69, 9.17) is 14.8 Å². The molecule has 0 amide bonds. The highest BCUT2D eigenvalue weighted by molar-refractivity contribution is 6.18. The summed E-state index contributed by atoms with van der Waals surface area (Å²) in [5, 5.41) is 4.76. The van der Waals surface area contributed by atoms with Crippen molar-refractivity contribution >= 4 is 22.9 Å². The molecule has 0 unspecified atom stereocenters. The second-order valence-corrected chi connectivity index (χ2v) is 7.45. The van der Waals surface area contributed by atoms with Gasteiger partial charge in [-0.2, -0.15) is 5.10 Å². The predicted molar refractivity (Wildman–Crippen MR) is 125 cm³/mol. The van der Waals surface area contributed by atoms with Crippen molar-refractivity contribution in [3.8, 4) is 5.75 Å². The van der Waals surface area contributed by atoms with Gasteiger partial charge in [-0.05, 0) is 44.2 Å². The largest absolute Gasteiger partial charge is 0.494 e. The number of benzene rings is 3. The van der Waals surface area contributed by atoms with Gasteiger partial charge in [-0.3, -0.25) is 5.43 Å². The summed E-state index contributed by atoms with van der Waals surface area (Å²) < 4.78 is 5.74. The van der Waals surface area contributed by atoms with Crippen LogP contribution in [-0.4, -0.2) is 32.2 Å². The number of hydrogen-bond acceptors (Lipinski definition) is 5. The van der Waals surface area contributed by atoms with Gasteiger partial charge in [0.1, 0.15) is 11.5 Å². The quantitative estimate of drug-likeness (QED) is 0.665. The van der Waals surface area contributed by atoms with Gasteiger partial charge in [0.25, 0.3) is 0 Å². The summed E-state index contributed by atoms with van der Waals surface area (Å²) in [6.07, 6.45) is 0. The van der Waals surface area contributed by atoms with Gasteiger partial charge < -0.3 is 9.64 Å². The highest BCUT2D eigenvalue weighted by Gasteiger charge is 2.18. The zero-order valence-electron chi connectivity index (χ0n) is 17.8. The molecule has 4 rings (SSSR count). The van der Waals surface area contributed by atoms with Crippen LogP contribution in [0.5, 0.6) is 5.75 Å². The summed E-state index contributed by atoms with van der Waals surface area (Å²) in [6, 6.07) is 22.6. The summed E-state index contributed by atoms with van der Waals surface area (Å²) >= 11 is 0. The highest BCUT2D eigenvalue weighted by atomic mass is 16.5. The van der Waals surface area contributed by atoms with E-state index < -0.39 is 0 Å². The molecular weight excluding hydrogens is 372 g/mol. The summed E-state index contributed by atoms with van der Waals surface area (Å²) in [6.45, 7) is 4.67. The SMILES string of the molecule is CCOc1ccc2c(c1)C(c1ccc(N(C)C)cc1)=NNC(c1ccc(C)cc1)=N2. The number of ether oxygens (including phenoxy) is 1. The summed E-state index contributed by atoms with van der Waals surface area (Å²) in [5.74, 6) is 1.53. The summed E-state index contributed by atoms with van der Waals surface area (Å²) in [5.41, 5.74) is 10.2. The van der Waals surface area contributed by atoms with Gasteiger partial charge in [-0.25, -0.2) is 4.99 Å². The zero-order chi connectivity index (χ0) is 21.1. The van der Waals surface area contributed by atoms with Crippen molar-refractivity contribution in [3.63, 3.8) is 0 Å². The van der Waals surface area contributed by atoms with Crippen LogP contribution in [0.1, 0.15) is 29.2 Å². The standard InChI is InChI=1S/C25H26N4O/c1-5-30-21-14-15-23-22(16-21)24(18-10-12-20(13-11-18)29(3)4)27-28-25(26-23)19-8-6-17(2)7-9-19/h6-16H,5H2,1-4H3,(H,26,28). The second kappa shape index (κ2) is 8.41. The Morgan fingerprint density at radius 3 is 2.27 bits per heavy atom. The van der Waals surface area contributed by atoms with Crippen LogP contribution in [0.25, 0.3) is 0 Å². The van der Waals surface area contributed by atoms with Crippen molar-refractivity contribution in [1.29, 1.82) is 0 Å². The molecule has 1 N–H and O–H groups in total. The van der Waals surface area contributed by atoms with Gasteiger partial charge in [0.2, 0.25) is 0 Å². The molecule has 3 aromatic carbocycles. The van der Waals surface area contributed by atoms with Crippen LogP contribution in [0.2, 0.25) is 0 Å². The third kappa shape index (κ3) is 4.06. The lowest BCUT2D eigenvalue weighted by molar-refractivity contribution is 0.340. The van der Waals surface area contributed by atoms with Gasteiger partial charge in [-0.15, -0.1) is 0 Å². The maximum absolute atomic E-state index is 5.74. The fourth-order valence-electron chi connectivity index (χ4n) is 3.35. The molecule has 1 aliphatic heterocycles. The van der Waals surface area contributed by atoms with Crippen LogP contribution < -0.4 is 15.1 Å². The number of nitrogens with zero attached hydrogens (tertiary/aromatic N) is 3. The number of rotatable bonds is 5. The average molecular weight is 399 g/mol. The Labute approximate surface area is 177 Å². The van der Waals surface area contributed by atoms with Gasteiger partial charge in [-0.1, -0.05) is 42.0 Å². The van der Waals surface area contributed by atoms with Crippen molar-refractivity contribution in [2.45, 2.75) is 13.8 Å². The van der Waals surface area contributed by atoms with Gasteiger partial charge in [0.15, 0.2) is 5.84 Å². The molecule has 5 heteroatoms. The third-order valence-electron chi connectivity index (χ3n) is 5.02. The van der Waals surface area contributed by atoms with E-state index in [1.807, 2.05) is 39.2 Å². The van der Waals surface area contributed by atoms with Crippen molar-refractivity contribution in [2.24, 2.45) is 10.1 Å². The third-order valence-corrected chi connectivity index (χ3v) is 5.02. The molecule has 0 bridgehead atoms. The summed E-state index contributed by atoms with van der Waals surface area (Å²) in [7, 11) is 4.07. The van der Waals surface area contributed by atoms with Crippen LogP contribution in [0.15, 0.2) is 76.8 Å². The number of aliphatic imine (C=N–C) groups is 1. The van der Waals surface area contributed by atoms with E-state index >= 15 is 0 Å². The molecule has 0 saturated carbocycles. The van der Waals surface area contributed by atoms with E-state index in [1.165, 1.54) is 5.56 Å². The minimum atomic E-state index is 0.610. The molecule has 0 radical (unpaired) electrons. The lowest BCUT2D eigenvalue weighted by Crippen LogP contribution is -2.19. The molecule has 0 aromatic heterocycles. The van der Waals surface area contributed by atoms with E-state index in [-0.39, 0.29) is 0 Å². The minimum absolute atomic E-state index is 0.610. The molecule has 0 saturated heterocycles. The average Bonchev–Trinajstić information content (AvgIpc) is 2.94. The number of aryl methyl sites for hydroxylation is 1. The summed E-state index contributed by atoms with van der Waals surface area (Å²) in [4.78, 5) is 6.97. The van der Waals surface area contributed by atoms with E-state index in [1.54, 1.807) is 0 Å². The first-order valence-corrected chi connectivity index (χ1v) is 10.1. The van der Waals surface area contributed by atoms with Crippen molar-refractivity contribution in [3.05, 3.63) is 89.0 Å². The molecule has 0 fully saturated rings. The topological polar surface area (TPSA) is 49.2 Å². The number of hydrazone groups is 1.